The van der Waals surface area contributed by atoms with Crippen molar-refractivity contribution in [1.29, 1.82) is 0 Å². The van der Waals surface area contributed by atoms with Crippen LogP contribution in [0.5, 0.6) is 0 Å². The van der Waals surface area contributed by atoms with Crippen LogP contribution < -0.4 is 16.2 Å². The molecule has 3 N–H and O–H groups in total. The van der Waals surface area contributed by atoms with E-state index in [9.17, 15) is 22.8 Å². The fraction of sp³-hybridized carbons (Fsp3) is 0.150. The summed E-state index contributed by atoms with van der Waals surface area (Å²) < 4.78 is 24.7. The molecule has 0 fully saturated rings. The van der Waals surface area contributed by atoms with E-state index in [1.54, 1.807) is 25.1 Å². The molecule has 0 bridgehead atoms. The number of sulfone groups is 1. The Kier molecular flexibility index (Phi) is 8.30. The third kappa shape index (κ3) is 6.87. The molecule has 0 unspecified atom stereocenters. The van der Waals surface area contributed by atoms with Crippen molar-refractivity contribution in [2.45, 2.75) is 6.92 Å². The van der Waals surface area contributed by atoms with Gasteiger partial charge in [-0.2, -0.15) is 5.10 Å². The quantitative estimate of drug-likeness (QED) is 0.348. The molecule has 35 heavy (non-hydrogen) atoms. The van der Waals surface area contributed by atoms with Crippen molar-refractivity contribution in [2.75, 3.05) is 17.3 Å². The Bertz CT molecular complexity index is 1440. The van der Waals surface area contributed by atoms with Gasteiger partial charge in [-0.15, -0.1) is 0 Å². The van der Waals surface area contributed by atoms with Gasteiger partial charge in [0.15, 0.2) is 15.7 Å². The standard InChI is InChI=1S/C20H17Br2ClN6O5S/c1-10-6-11(21)7-12(19(31)27-26-16(30)9-35(2,33)34)17(10)25-20(32)14-8-15(22)28-29(14)18-13(23)4-3-5-24-18/h3-8H,9H2,1-2H3,(H,25,32)(H,26,30)(H,27,31). The van der Waals surface area contributed by atoms with Gasteiger partial charge in [0, 0.05) is 23.0 Å². The van der Waals surface area contributed by atoms with Crippen molar-refractivity contribution >= 4 is 76.7 Å². The molecule has 1 aromatic carbocycles. The van der Waals surface area contributed by atoms with Crippen LogP contribution in [-0.4, -0.2) is 52.9 Å². The number of carbonyl (C=O) groups excluding carboxylic acids is 3. The minimum absolute atomic E-state index is 0.00544. The molecule has 15 heteroatoms. The summed E-state index contributed by atoms with van der Waals surface area (Å²) in [7, 11) is -3.59. The second-order valence-corrected chi connectivity index (χ2v) is 11.5. The van der Waals surface area contributed by atoms with Crippen LogP contribution in [-0.2, 0) is 14.6 Å². The highest BCUT2D eigenvalue weighted by Gasteiger charge is 2.23. The van der Waals surface area contributed by atoms with E-state index in [2.05, 4.69) is 52.7 Å². The molecule has 0 spiro atoms. The lowest BCUT2D eigenvalue weighted by Crippen LogP contribution is -2.44. The average molecular weight is 649 g/mol. The van der Waals surface area contributed by atoms with Crippen LogP contribution in [0.25, 0.3) is 5.82 Å². The number of halogens is 3. The minimum Gasteiger partial charge on any atom is -0.320 e. The summed E-state index contributed by atoms with van der Waals surface area (Å²) in [4.78, 5) is 41.9. The topological polar surface area (TPSA) is 152 Å². The maximum absolute atomic E-state index is 13.2. The number of hydrazine groups is 1. The zero-order chi connectivity index (χ0) is 25.9. The molecule has 3 aromatic rings. The highest BCUT2D eigenvalue weighted by Crippen LogP contribution is 2.28. The fourth-order valence-electron chi connectivity index (χ4n) is 2.94. The van der Waals surface area contributed by atoms with Crippen LogP contribution in [0.2, 0.25) is 5.02 Å². The Labute approximate surface area is 221 Å². The zero-order valence-corrected chi connectivity index (χ0v) is 22.8. The number of rotatable bonds is 6. The van der Waals surface area contributed by atoms with Gasteiger partial charge in [-0.3, -0.25) is 25.2 Å². The number of pyridine rings is 1. The predicted octanol–water partition coefficient (Wildman–Crippen LogP) is 2.81. The van der Waals surface area contributed by atoms with Gasteiger partial charge in [-0.1, -0.05) is 27.5 Å². The molecule has 0 radical (unpaired) electrons. The van der Waals surface area contributed by atoms with Crippen LogP contribution in [0.3, 0.4) is 0 Å². The molecule has 0 saturated heterocycles. The van der Waals surface area contributed by atoms with Gasteiger partial charge in [0.2, 0.25) is 0 Å². The summed E-state index contributed by atoms with van der Waals surface area (Å²) >= 11 is 12.8. The van der Waals surface area contributed by atoms with Gasteiger partial charge in [-0.05, 0) is 52.7 Å². The summed E-state index contributed by atoms with van der Waals surface area (Å²) in [6.45, 7) is 1.67. The minimum atomic E-state index is -3.59. The first-order valence-electron chi connectivity index (χ1n) is 9.60. The van der Waals surface area contributed by atoms with Gasteiger partial charge in [0.25, 0.3) is 17.7 Å². The van der Waals surface area contributed by atoms with E-state index < -0.39 is 33.3 Å². The molecule has 3 rings (SSSR count). The van der Waals surface area contributed by atoms with Crippen molar-refractivity contribution < 1.29 is 22.8 Å². The van der Waals surface area contributed by atoms with E-state index in [0.29, 0.717) is 14.6 Å². The van der Waals surface area contributed by atoms with Crippen LogP contribution in [0.15, 0.2) is 45.6 Å². The maximum atomic E-state index is 13.2. The van der Waals surface area contributed by atoms with E-state index in [1.807, 2.05) is 5.43 Å². The van der Waals surface area contributed by atoms with Crippen LogP contribution >= 0.6 is 43.5 Å². The molecule has 0 aliphatic heterocycles. The first kappa shape index (κ1) is 26.8. The van der Waals surface area contributed by atoms with Crippen molar-refractivity contribution in [3.8, 4) is 5.82 Å². The maximum Gasteiger partial charge on any atom is 0.274 e. The highest BCUT2D eigenvalue weighted by atomic mass is 79.9. The Hall–Kier alpha value is -2.81. The number of amides is 3. The molecular formula is C20H17Br2ClN6O5S. The molecule has 0 atom stereocenters. The number of carbonyl (C=O) groups is 3. The molecule has 184 valence electrons. The lowest BCUT2D eigenvalue weighted by atomic mass is 10.1. The van der Waals surface area contributed by atoms with Crippen LogP contribution in [0.1, 0.15) is 26.4 Å². The van der Waals surface area contributed by atoms with E-state index in [1.165, 1.54) is 23.0 Å². The summed E-state index contributed by atoms with van der Waals surface area (Å²) in [6.07, 6.45) is 2.39. The van der Waals surface area contributed by atoms with Gasteiger partial charge in [0.1, 0.15) is 16.0 Å². The summed E-state index contributed by atoms with van der Waals surface area (Å²) in [5, 5.41) is 7.17. The third-order valence-corrected chi connectivity index (χ3v) is 6.27. The molecule has 3 amide bonds. The Morgan fingerprint density at radius 2 is 1.83 bits per heavy atom. The number of nitrogens with one attached hydrogen (secondary N) is 3. The van der Waals surface area contributed by atoms with Crippen molar-refractivity contribution in [3.63, 3.8) is 0 Å². The van der Waals surface area contributed by atoms with Gasteiger partial charge >= 0.3 is 0 Å². The SMILES string of the molecule is Cc1cc(Br)cc(C(=O)NNC(=O)CS(C)(=O)=O)c1NC(=O)c1cc(Br)nn1-c1ncccc1Cl. The zero-order valence-electron chi connectivity index (χ0n) is 18.1. The Morgan fingerprint density at radius 3 is 2.49 bits per heavy atom. The number of nitrogens with zero attached hydrogens (tertiary/aromatic N) is 3. The number of anilines is 1. The predicted molar refractivity (Wildman–Crippen MR) is 136 cm³/mol. The summed E-state index contributed by atoms with van der Waals surface area (Å²) in [6, 6.07) is 7.80. The number of hydrogen-bond donors (Lipinski definition) is 3. The third-order valence-electron chi connectivity index (χ3n) is 4.34. The number of hydrogen-bond acceptors (Lipinski definition) is 7. The molecule has 2 aromatic heterocycles. The van der Waals surface area contributed by atoms with Gasteiger partial charge < -0.3 is 5.32 Å². The molecule has 11 nitrogen and oxygen atoms in total. The molecule has 0 aliphatic carbocycles. The second kappa shape index (κ2) is 10.8. The molecular weight excluding hydrogens is 632 g/mol. The molecule has 0 aliphatic rings. The number of aryl methyl sites for hydroxylation is 1. The fourth-order valence-corrected chi connectivity index (χ4v) is 4.64. The Morgan fingerprint density at radius 1 is 1.11 bits per heavy atom. The monoisotopic (exact) mass is 646 g/mol. The summed E-state index contributed by atoms with van der Waals surface area (Å²) in [5.74, 6) is -2.90. The van der Waals surface area contributed by atoms with Crippen molar-refractivity contribution in [3.05, 3.63) is 67.4 Å². The first-order valence-corrected chi connectivity index (χ1v) is 13.6. The van der Waals surface area contributed by atoms with E-state index in [4.69, 9.17) is 11.6 Å². The number of benzene rings is 1. The Balaban J connectivity index is 1.91. The van der Waals surface area contributed by atoms with Crippen molar-refractivity contribution in [2.24, 2.45) is 0 Å². The largest absolute Gasteiger partial charge is 0.320 e. The molecule has 0 saturated carbocycles. The van der Waals surface area contributed by atoms with Crippen LogP contribution in [0.4, 0.5) is 5.69 Å². The van der Waals surface area contributed by atoms with Gasteiger partial charge in [-0.25, -0.2) is 18.1 Å². The van der Waals surface area contributed by atoms with E-state index in [-0.39, 0.29) is 27.8 Å². The van der Waals surface area contributed by atoms with E-state index >= 15 is 0 Å². The number of aromatic nitrogens is 3. The van der Waals surface area contributed by atoms with Gasteiger partial charge in [0.05, 0.1) is 16.3 Å². The smallest absolute Gasteiger partial charge is 0.274 e. The van der Waals surface area contributed by atoms with Crippen molar-refractivity contribution in [1.82, 2.24) is 25.6 Å². The lowest BCUT2D eigenvalue weighted by molar-refractivity contribution is -0.119. The molecule has 2 heterocycles. The van der Waals surface area contributed by atoms with Crippen LogP contribution in [0, 0.1) is 6.92 Å². The van der Waals surface area contributed by atoms with E-state index in [0.717, 1.165) is 6.26 Å². The summed E-state index contributed by atoms with van der Waals surface area (Å²) in [5.41, 5.74) is 4.96. The first-order chi connectivity index (χ1) is 16.4. The average Bonchev–Trinajstić information content (AvgIpc) is 3.14. The normalized spacial score (nSPS) is 11.1. The highest BCUT2D eigenvalue weighted by molar-refractivity contribution is 9.10. The lowest BCUT2D eigenvalue weighted by Gasteiger charge is -2.16. The second-order valence-electron chi connectivity index (χ2n) is 7.24.